The summed E-state index contributed by atoms with van der Waals surface area (Å²) in [7, 11) is 0. The van der Waals surface area contributed by atoms with E-state index in [1.54, 1.807) is 6.92 Å². The Kier molecular flexibility index (Phi) is 6.42. The summed E-state index contributed by atoms with van der Waals surface area (Å²) in [4.78, 5) is 11.4. The van der Waals surface area contributed by atoms with Crippen molar-refractivity contribution in [2.45, 2.75) is 32.7 Å². The van der Waals surface area contributed by atoms with Crippen LogP contribution in [0.5, 0.6) is 0 Å². The number of halogens is 2. The van der Waals surface area contributed by atoms with Crippen molar-refractivity contribution >= 4 is 5.97 Å². The third-order valence-electron chi connectivity index (χ3n) is 2.68. The second kappa shape index (κ2) is 7.84. The van der Waals surface area contributed by atoms with Crippen molar-refractivity contribution in [3.63, 3.8) is 0 Å². The Bertz CT molecular complexity index is 424. The normalized spacial score (nSPS) is 12.2. The second-order valence-corrected chi connectivity index (χ2v) is 4.22. The fraction of sp³-hybridized carbons (Fsp3) is 0.500. The summed E-state index contributed by atoms with van der Waals surface area (Å²) in [5.41, 5.74) is 0.647. The van der Waals surface area contributed by atoms with Gasteiger partial charge in [0.2, 0.25) is 0 Å². The van der Waals surface area contributed by atoms with Gasteiger partial charge in [0, 0.05) is 6.04 Å². The molecule has 0 saturated carbocycles. The fourth-order valence-corrected chi connectivity index (χ4v) is 1.88. The lowest BCUT2D eigenvalue weighted by molar-refractivity contribution is -0.143. The molecule has 0 aliphatic rings. The van der Waals surface area contributed by atoms with Gasteiger partial charge >= 0.3 is 5.97 Å². The summed E-state index contributed by atoms with van der Waals surface area (Å²) in [5, 5.41) is 3.14. The fourth-order valence-electron chi connectivity index (χ4n) is 1.88. The van der Waals surface area contributed by atoms with E-state index in [-0.39, 0.29) is 18.4 Å². The third-order valence-corrected chi connectivity index (χ3v) is 2.68. The highest BCUT2D eigenvalue weighted by molar-refractivity contribution is 5.70. The van der Waals surface area contributed by atoms with Crippen LogP contribution in [0.15, 0.2) is 18.2 Å². The molecule has 0 amide bonds. The van der Waals surface area contributed by atoms with Crippen LogP contribution in [0.2, 0.25) is 0 Å². The first kappa shape index (κ1) is 15.6. The SMILES string of the molecule is CCNC(CC(=O)OCC)Cc1ccc(F)c(F)c1. The molecule has 1 rings (SSSR count). The molecule has 1 unspecified atom stereocenters. The average molecular weight is 271 g/mol. The highest BCUT2D eigenvalue weighted by Gasteiger charge is 2.15. The molecule has 1 atom stereocenters. The Labute approximate surface area is 112 Å². The molecule has 0 radical (unpaired) electrons. The number of esters is 1. The van der Waals surface area contributed by atoms with Crippen LogP contribution in [0, 0.1) is 11.6 Å². The van der Waals surface area contributed by atoms with Crippen LogP contribution in [0.1, 0.15) is 25.8 Å². The van der Waals surface area contributed by atoms with Crippen LogP contribution >= 0.6 is 0 Å². The molecular formula is C14H19F2NO2. The molecule has 0 fully saturated rings. The predicted octanol–water partition coefficient (Wildman–Crippen LogP) is 2.44. The monoisotopic (exact) mass is 271 g/mol. The van der Waals surface area contributed by atoms with Crippen molar-refractivity contribution in [1.29, 1.82) is 0 Å². The van der Waals surface area contributed by atoms with E-state index in [2.05, 4.69) is 5.32 Å². The van der Waals surface area contributed by atoms with Crippen molar-refractivity contribution in [1.82, 2.24) is 5.32 Å². The van der Waals surface area contributed by atoms with E-state index >= 15 is 0 Å². The van der Waals surface area contributed by atoms with Crippen molar-refractivity contribution < 1.29 is 18.3 Å². The Morgan fingerprint density at radius 2 is 2.05 bits per heavy atom. The van der Waals surface area contributed by atoms with E-state index in [9.17, 15) is 13.6 Å². The number of benzene rings is 1. The lowest BCUT2D eigenvalue weighted by Crippen LogP contribution is -2.33. The minimum absolute atomic E-state index is 0.145. The number of carbonyl (C=O) groups is 1. The molecule has 1 aromatic carbocycles. The van der Waals surface area contributed by atoms with Crippen LogP contribution in [-0.2, 0) is 16.0 Å². The predicted molar refractivity (Wildman–Crippen MR) is 68.8 cm³/mol. The smallest absolute Gasteiger partial charge is 0.307 e. The van der Waals surface area contributed by atoms with Crippen LogP contribution in [0.4, 0.5) is 8.78 Å². The maximum atomic E-state index is 13.1. The molecule has 1 aromatic rings. The average Bonchev–Trinajstić information content (AvgIpc) is 2.34. The van der Waals surface area contributed by atoms with E-state index in [1.165, 1.54) is 6.07 Å². The number of likely N-dealkylation sites (N-methyl/N-ethyl adjacent to an activating group) is 1. The van der Waals surface area contributed by atoms with Gasteiger partial charge in [-0.3, -0.25) is 4.79 Å². The standard InChI is InChI=1S/C14H19F2NO2/c1-3-17-11(9-14(18)19-4-2)7-10-5-6-12(15)13(16)8-10/h5-6,8,11,17H,3-4,7,9H2,1-2H3. The molecule has 3 nitrogen and oxygen atoms in total. The Morgan fingerprint density at radius 3 is 2.63 bits per heavy atom. The number of hydrogen-bond donors (Lipinski definition) is 1. The first-order valence-corrected chi connectivity index (χ1v) is 6.39. The topological polar surface area (TPSA) is 38.3 Å². The van der Waals surface area contributed by atoms with Crippen molar-refractivity contribution in [2.75, 3.05) is 13.2 Å². The Hall–Kier alpha value is -1.49. The lowest BCUT2D eigenvalue weighted by Gasteiger charge is -2.17. The third kappa shape index (κ3) is 5.34. The highest BCUT2D eigenvalue weighted by atomic mass is 19.2. The summed E-state index contributed by atoms with van der Waals surface area (Å²) < 4.78 is 30.8. The molecule has 0 aliphatic heterocycles. The Balaban J connectivity index is 2.66. The Morgan fingerprint density at radius 1 is 1.32 bits per heavy atom. The van der Waals surface area contributed by atoms with E-state index < -0.39 is 11.6 Å². The number of rotatable bonds is 7. The largest absolute Gasteiger partial charge is 0.466 e. The molecule has 106 valence electrons. The van der Waals surface area contributed by atoms with Gasteiger partial charge in [0.1, 0.15) is 0 Å². The number of hydrogen-bond acceptors (Lipinski definition) is 3. The summed E-state index contributed by atoms with van der Waals surface area (Å²) in [6.07, 6.45) is 0.657. The van der Waals surface area contributed by atoms with Crippen LogP contribution in [0.3, 0.4) is 0 Å². The molecule has 0 aromatic heterocycles. The summed E-state index contributed by atoms with van der Waals surface area (Å²) >= 11 is 0. The van der Waals surface area contributed by atoms with Gasteiger partial charge in [-0.1, -0.05) is 13.0 Å². The lowest BCUT2D eigenvalue weighted by atomic mass is 10.0. The first-order valence-electron chi connectivity index (χ1n) is 6.39. The zero-order valence-corrected chi connectivity index (χ0v) is 11.2. The number of carbonyl (C=O) groups excluding carboxylic acids is 1. The van der Waals surface area contributed by atoms with Crippen LogP contribution in [-0.4, -0.2) is 25.2 Å². The van der Waals surface area contributed by atoms with Crippen molar-refractivity contribution in [3.05, 3.63) is 35.4 Å². The van der Waals surface area contributed by atoms with Crippen molar-refractivity contribution in [2.24, 2.45) is 0 Å². The van der Waals surface area contributed by atoms with E-state index in [0.717, 1.165) is 12.1 Å². The maximum Gasteiger partial charge on any atom is 0.307 e. The minimum atomic E-state index is -0.871. The molecular weight excluding hydrogens is 252 g/mol. The zero-order valence-electron chi connectivity index (χ0n) is 11.2. The molecule has 19 heavy (non-hydrogen) atoms. The summed E-state index contributed by atoms with van der Waals surface area (Å²) in [6, 6.07) is 3.63. The first-order chi connectivity index (χ1) is 9.06. The van der Waals surface area contributed by atoms with E-state index in [4.69, 9.17) is 4.74 Å². The summed E-state index contributed by atoms with van der Waals surface area (Å²) in [5.74, 6) is -2.03. The summed E-state index contributed by atoms with van der Waals surface area (Å²) in [6.45, 7) is 4.69. The van der Waals surface area contributed by atoms with Crippen LogP contribution < -0.4 is 5.32 Å². The van der Waals surface area contributed by atoms with Crippen molar-refractivity contribution in [3.8, 4) is 0 Å². The molecule has 0 saturated heterocycles. The quantitative estimate of drug-likeness (QED) is 0.774. The minimum Gasteiger partial charge on any atom is -0.466 e. The van der Waals surface area contributed by atoms with Gasteiger partial charge in [-0.25, -0.2) is 8.78 Å². The molecule has 0 aliphatic carbocycles. The molecule has 1 N–H and O–H groups in total. The van der Waals surface area contributed by atoms with Gasteiger partial charge < -0.3 is 10.1 Å². The van der Waals surface area contributed by atoms with Gasteiger partial charge in [-0.05, 0) is 37.6 Å². The molecule has 0 spiro atoms. The number of ether oxygens (including phenoxy) is 1. The van der Waals surface area contributed by atoms with Crippen LogP contribution in [0.25, 0.3) is 0 Å². The van der Waals surface area contributed by atoms with Gasteiger partial charge in [0.05, 0.1) is 13.0 Å². The number of nitrogens with one attached hydrogen (secondary N) is 1. The van der Waals surface area contributed by atoms with E-state index in [0.29, 0.717) is 25.1 Å². The van der Waals surface area contributed by atoms with E-state index in [1.807, 2.05) is 6.92 Å². The molecule has 0 bridgehead atoms. The molecule has 0 heterocycles. The highest BCUT2D eigenvalue weighted by Crippen LogP contribution is 2.12. The maximum absolute atomic E-state index is 13.1. The van der Waals surface area contributed by atoms with Gasteiger partial charge in [0.25, 0.3) is 0 Å². The molecule has 5 heteroatoms. The van der Waals surface area contributed by atoms with Gasteiger partial charge in [-0.15, -0.1) is 0 Å². The second-order valence-electron chi connectivity index (χ2n) is 4.22. The zero-order chi connectivity index (χ0) is 14.3. The van der Waals surface area contributed by atoms with Gasteiger partial charge in [-0.2, -0.15) is 0 Å². The van der Waals surface area contributed by atoms with Gasteiger partial charge in [0.15, 0.2) is 11.6 Å².